The van der Waals surface area contributed by atoms with Crippen LogP contribution < -0.4 is 5.32 Å². The molecule has 0 spiro atoms. The zero-order valence-electron chi connectivity index (χ0n) is 19.5. The Labute approximate surface area is 204 Å². The van der Waals surface area contributed by atoms with Gasteiger partial charge >= 0.3 is 5.97 Å². The highest BCUT2D eigenvalue weighted by Crippen LogP contribution is 2.38. The number of rotatable bonds is 9. The average molecular weight is 485 g/mol. The molecule has 188 valence electrons. The van der Waals surface area contributed by atoms with Crippen LogP contribution in [-0.2, 0) is 25.7 Å². The van der Waals surface area contributed by atoms with Crippen LogP contribution in [0.25, 0.3) is 0 Å². The van der Waals surface area contributed by atoms with E-state index in [-0.39, 0.29) is 43.7 Å². The van der Waals surface area contributed by atoms with Crippen LogP contribution in [0.15, 0.2) is 48.5 Å². The molecule has 2 saturated heterocycles. The number of likely N-dealkylation sites (tertiary alicyclic amines) is 1. The number of β-amino-alcohol motifs (C(OH)–C–C–N with tert-alkyl or cyclic N) is 1. The summed E-state index contributed by atoms with van der Waals surface area (Å²) in [7, 11) is 0. The number of aliphatic hydroxyl groups excluding tert-OH is 2. The molecule has 0 unspecified atom stereocenters. The Morgan fingerprint density at radius 2 is 1.71 bits per heavy atom. The van der Waals surface area contributed by atoms with Gasteiger partial charge < -0.3 is 30.1 Å². The van der Waals surface area contributed by atoms with Gasteiger partial charge in [-0.1, -0.05) is 36.4 Å². The molecular weight excluding hydrogens is 452 g/mol. The topological polar surface area (TPSA) is 129 Å². The number of ether oxygens (including phenoxy) is 2. The van der Waals surface area contributed by atoms with E-state index < -0.39 is 12.3 Å². The quantitative estimate of drug-likeness (QED) is 0.428. The van der Waals surface area contributed by atoms with Gasteiger partial charge in [0, 0.05) is 43.7 Å². The lowest BCUT2D eigenvalue weighted by Crippen LogP contribution is -2.38. The molecule has 0 bridgehead atoms. The summed E-state index contributed by atoms with van der Waals surface area (Å²) < 4.78 is 12.6. The van der Waals surface area contributed by atoms with E-state index in [4.69, 9.17) is 14.6 Å². The number of aliphatic hydroxyl groups is 2. The van der Waals surface area contributed by atoms with Gasteiger partial charge in [0.1, 0.15) is 0 Å². The van der Waals surface area contributed by atoms with Crippen LogP contribution in [0.4, 0.5) is 5.69 Å². The molecule has 0 radical (unpaired) electrons. The van der Waals surface area contributed by atoms with Crippen LogP contribution in [0.1, 0.15) is 54.8 Å². The number of carbonyl (C=O) groups is 2. The maximum Gasteiger partial charge on any atom is 0.303 e. The van der Waals surface area contributed by atoms with E-state index in [1.54, 1.807) is 12.1 Å². The number of hydrogen-bond acceptors (Lipinski definition) is 7. The van der Waals surface area contributed by atoms with Gasteiger partial charge in [-0.15, -0.1) is 0 Å². The van der Waals surface area contributed by atoms with Crippen LogP contribution in [0.3, 0.4) is 0 Å². The molecule has 9 nitrogen and oxygen atoms in total. The molecule has 0 saturated carbocycles. The predicted octanol–water partition coefficient (Wildman–Crippen LogP) is 2.59. The lowest BCUT2D eigenvalue weighted by molar-refractivity contribution is -0.252. The van der Waals surface area contributed by atoms with Crippen LogP contribution in [0, 0.1) is 0 Å². The number of benzene rings is 2. The number of amides is 1. The first-order valence-corrected chi connectivity index (χ1v) is 11.9. The minimum Gasteiger partial charge on any atom is -0.481 e. The predicted molar refractivity (Wildman–Crippen MR) is 127 cm³/mol. The molecule has 2 aliphatic heterocycles. The largest absolute Gasteiger partial charge is 0.481 e. The average Bonchev–Trinajstić information content (AvgIpc) is 3.27. The Bertz CT molecular complexity index is 996. The van der Waals surface area contributed by atoms with Gasteiger partial charge in [-0.05, 0) is 29.7 Å². The number of carbonyl (C=O) groups excluding carboxylic acids is 1. The summed E-state index contributed by atoms with van der Waals surface area (Å²) >= 11 is 0. The first-order chi connectivity index (χ1) is 16.9. The van der Waals surface area contributed by atoms with Crippen molar-refractivity contribution < 1.29 is 34.4 Å². The lowest BCUT2D eigenvalue weighted by atomic mass is 9.99. The zero-order chi connectivity index (χ0) is 24.8. The van der Waals surface area contributed by atoms with E-state index in [1.807, 2.05) is 36.4 Å². The van der Waals surface area contributed by atoms with Crippen molar-refractivity contribution in [1.82, 2.24) is 4.90 Å². The van der Waals surface area contributed by atoms with Gasteiger partial charge in [-0.2, -0.15) is 0 Å². The summed E-state index contributed by atoms with van der Waals surface area (Å²) in [5.74, 6) is -1.37. The molecule has 35 heavy (non-hydrogen) atoms. The molecule has 2 aromatic rings. The summed E-state index contributed by atoms with van der Waals surface area (Å²) in [6.07, 6.45) is -0.0885. The molecule has 4 atom stereocenters. The van der Waals surface area contributed by atoms with Crippen molar-refractivity contribution in [2.75, 3.05) is 25.0 Å². The van der Waals surface area contributed by atoms with E-state index >= 15 is 0 Å². The molecule has 0 aliphatic carbocycles. The Morgan fingerprint density at radius 1 is 1.00 bits per heavy atom. The Balaban J connectivity index is 1.46. The molecule has 4 N–H and O–H groups in total. The third-order valence-electron chi connectivity index (χ3n) is 6.36. The first kappa shape index (κ1) is 25.3. The normalized spacial score (nSPS) is 24.9. The SMILES string of the molecule is O=C(O)CCC(=O)Nc1ccc([C@@H]2O[C@H](CN3CC[C@H](O)C3)C[C@H](c3ccc(CO)cc3)O2)cc1. The maximum absolute atomic E-state index is 11.9. The molecule has 9 heteroatoms. The third kappa shape index (κ3) is 7.09. The van der Waals surface area contributed by atoms with Gasteiger partial charge in [0.05, 0.1) is 31.3 Å². The van der Waals surface area contributed by atoms with Crippen molar-refractivity contribution >= 4 is 17.6 Å². The highest BCUT2D eigenvalue weighted by molar-refractivity contribution is 5.92. The highest BCUT2D eigenvalue weighted by atomic mass is 16.7. The molecule has 0 aromatic heterocycles. The van der Waals surface area contributed by atoms with E-state index in [0.717, 1.165) is 29.7 Å². The summed E-state index contributed by atoms with van der Waals surface area (Å²) in [6, 6.07) is 14.8. The number of hydrogen-bond donors (Lipinski definition) is 4. The number of carboxylic acids is 1. The van der Waals surface area contributed by atoms with Gasteiger partial charge in [-0.25, -0.2) is 0 Å². The molecule has 2 aliphatic rings. The van der Waals surface area contributed by atoms with Crippen molar-refractivity contribution in [1.29, 1.82) is 0 Å². The second kappa shape index (κ2) is 11.7. The first-order valence-electron chi connectivity index (χ1n) is 11.9. The number of carboxylic acid groups (broad SMARTS) is 1. The number of nitrogens with one attached hydrogen (secondary N) is 1. The van der Waals surface area contributed by atoms with Crippen molar-refractivity contribution in [3.05, 3.63) is 65.2 Å². The summed E-state index contributed by atoms with van der Waals surface area (Å²) in [5.41, 5.74) is 3.21. The Kier molecular flexibility index (Phi) is 8.48. The van der Waals surface area contributed by atoms with Crippen molar-refractivity contribution in [2.45, 2.75) is 56.9 Å². The highest BCUT2D eigenvalue weighted by Gasteiger charge is 2.34. The second-order valence-corrected chi connectivity index (χ2v) is 9.12. The van der Waals surface area contributed by atoms with Crippen LogP contribution >= 0.6 is 0 Å². The van der Waals surface area contributed by atoms with Gasteiger partial charge in [0.2, 0.25) is 5.91 Å². The van der Waals surface area contributed by atoms with Gasteiger partial charge in [0.25, 0.3) is 0 Å². The Morgan fingerprint density at radius 3 is 2.34 bits per heavy atom. The standard InChI is InChI=1S/C26H32N2O7/c29-16-17-1-3-18(4-2-17)23-13-22(15-28-12-11-21(30)14-28)34-26(35-23)19-5-7-20(8-6-19)27-24(31)9-10-25(32)33/h1-8,21-23,26,29-30H,9-16H2,(H,27,31)(H,32,33)/t21-,22-,23+,26+/m0/s1. The van der Waals surface area contributed by atoms with E-state index in [1.165, 1.54) is 0 Å². The summed E-state index contributed by atoms with van der Waals surface area (Å²) in [4.78, 5) is 24.8. The van der Waals surface area contributed by atoms with Gasteiger partial charge in [-0.3, -0.25) is 14.5 Å². The summed E-state index contributed by atoms with van der Waals surface area (Å²) in [6.45, 7) is 2.15. The number of anilines is 1. The second-order valence-electron chi connectivity index (χ2n) is 9.12. The smallest absolute Gasteiger partial charge is 0.303 e. The minimum absolute atomic E-state index is 0.0172. The fourth-order valence-electron chi connectivity index (χ4n) is 4.47. The van der Waals surface area contributed by atoms with Crippen molar-refractivity contribution in [2.24, 2.45) is 0 Å². The van der Waals surface area contributed by atoms with Crippen molar-refractivity contribution in [3.63, 3.8) is 0 Å². The molecule has 1 amide bonds. The van der Waals surface area contributed by atoms with Crippen LogP contribution in [0.2, 0.25) is 0 Å². The fraction of sp³-hybridized carbons (Fsp3) is 0.462. The number of nitrogens with zero attached hydrogens (tertiary/aromatic N) is 1. The minimum atomic E-state index is -1.01. The van der Waals surface area contributed by atoms with E-state index in [0.29, 0.717) is 25.2 Å². The fourth-order valence-corrected chi connectivity index (χ4v) is 4.47. The van der Waals surface area contributed by atoms with Crippen LogP contribution in [0.5, 0.6) is 0 Å². The van der Waals surface area contributed by atoms with E-state index in [2.05, 4.69) is 10.2 Å². The molecular formula is C26H32N2O7. The van der Waals surface area contributed by atoms with Crippen LogP contribution in [-0.4, -0.2) is 63.9 Å². The monoisotopic (exact) mass is 484 g/mol. The third-order valence-corrected chi connectivity index (χ3v) is 6.36. The van der Waals surface area contributed by atoms with Gasteiger partial charge in [0.15, 0.2) is 6.29 Å². The molecule has 4 rings (SSSR count). The van der Waals surface area contributed by atoms with E-state index in [9.17, 15) is 19.8 Å². The molecule has 2 aromatic carbocycles. The maximum atomic E-state index is 11.9. The number of aliphatic carboxylic acids is 1. The van der Waals surface area contributed by atoms with Crippen molar-refractivity contribution in [3.8, 4) is 0 Å². The zero-order valence-corrected chi connectivity index (χ0v) is 19.5. The lowest BCUT2D eigenvalue weighted by Gasteiger charge is -2.37. The summed E-state index contributed by atoms with van der Waals surface area (Å²) in [5, 5.41) is 30.7. The molecule has 2 fully saturated rings. The molecule has 2 heterocycles. The Hall–Kier alpha value is -2.82.